The number of amides is 1. The van der Waals surface area contributed by atoms with E-state index in [1.165, 1.54) is 0 Å². The fourth-order valence-electron chi connectivity index (χ4n) is 2.05. The maximum atomic E-state index is 11.6. The van der Waals surface area contributed by atoms with Gasteiger partial charge in [0.2, 0.25) is 0 Å². The molecule has 0 radical (unpaired) electrons. The van der Waals surface area contributed by atoms with Gasteiger partial charge in [-0.05, 0) is 32.9 Å². The van der Waals surface area contributed by atoms with E-state index in [1.54, 1.807) is 7.05 Å². The number of halogens is 1. The molecule has 0 aliphatic heterocycles. The predicted octanol–water partition coefficient (Wildman–Crippen LogP) is 1.54. The van der Waals surface area contributed by atoms with Gasteiger partial charge in [-0.25, -0.2) is 4.79 Å². The third kappa shape index (κ3) is 7.02. The summed E-state index contributed by atoms with van der Waals surface area (Å²) in [6.45, 7) is 6.88. The van der Waals surface area contributed by atoms with Crippen LogP contribution in [0.2, 0.25) is 0 Å². The Hall–Kier alpha value is -2.11. The Balaban J connectivity index is 0.00000338. The van der Waals surface area contributed by atoms with E-state index in [0.717, 1.165) is 11.5 Å². The number of carbonyl (C=O) groups is 1. The van der Waals surface area contributed by atoms with Crippen molar-refractivity contribution in [1.82, 2.24) is 30.5 Å². The average Bonchev–Trinajstić information content (AvgIpc) is 2.96. The van der Waals surface area contributed by atoms with Crippen LogP contribution in [0.15, 0.2) is 29.4 Å². The van der Waals surface area contributed by atoms with Crippen molar-refractivity contribution < 1.29 is 9.53 Å². The number of nitrogens with one attached hydrogen (secondary N) is 3. The van der Waals surface area contributed by atoms with Crippen LogP contribution in [0.3, 0.4) is 0 Å². The molecule has 10 heteroatoms. The van der Waals surface area contributed by atoms with Gasteiger partial charge in [0, 0.05) is 26.3 Å². The SMILES string of the molecule is CN=C(NCCNC(=O)OC(C)(C)C)NCc1nnc2ccccn12.I. The number of ether oxygens (including phenoxy) is 1. The highest BCUT2D eigenvalue weighted by Crippen LogP contribution is 2.06. The van der Waals surface area contributed by atoms with Gasteiger partial charge in [0.15, 0.2) is 17.4 Å². The summed E-state index contributed by atoms with van der Waals surface area (Å²) < 4.78 is 7.07. The van der Waals surface area contributed by atoms with Crippen LogP contribution >= 0.6 is 24.0 Å². The second-order valence-corrected chi connectivity index (χ2v) is 6.33. The van der Waals surface area contributed by atoms with E-state index in [4.69, 9.17) is 4.74 Å². The van der Waals surface area contributed by atoms with Crippen LogP contribution in [-0.2, 0) is 11.3 Å². The van der Waals surface area contributed by atoms with Gasteiger partial charge in [-0.2, -0.15) is 0 Å². The van der Waals surface area contributed by atoms with Crippen LogP contribution in [0.25, 0.3) is 5.65 Å². The Morgan fingerprint density at radius 3 is 2.62 bits per heavy atom. The summed E-state index contributed by atoms with van der Waals surface area (Å²) in [6.07, 6.45) is 1.47. The molecule has 3 N–H and O–H groups in total. The fraction of sp³-hybridized carbons (Fsp3) is 0.500. The molecule has 0 aliphatic rings. The first-order valence-electron chi connectivity index (χ1n) is 8.09. The summed E-state index contributed by atoms with van der Waals surface area (Å²) in [4.78, 5) is 15.7. The number of fused-ring (bicyclic) bond motifs is 1. The number of hydrogen-bond donors (Lipinski definition) is 3. The van der Waals surface area contributed by atoms with Crippen molar-refractivity contribution >= 4 is 41.7 Å². The third-order valence-electron chi connectivity index (χ3n) is 3.11. The summed E-state index contributed by atoms with van der Waals surface area (Å²) in [6, 6.07) is 5.74. The molecule has 2 aromatic heterocycles. The van der Waals surface area contributed by atoms with Gasteiger partial charge >= 0.3 is 6.09 Å². The summed E-state index contributed by atoms with van der Waals surface area (Å²) in [7, 11) is 1.68. The minimum absolute atomic E-state index is 0. The zero-order valence-electron chi connectivity index (χ0n) is 15.4. The van der Waals surface area contributed by atoms with Gasteiger partial charge in [-0.1, -0.05) is 6.07 Å². The Bertz CT molecular complexity index is 740. The lowest BCUT2D eigenvalue weighted by Crippen LogP contribution is -2.42. The highest BCUT2D eigenvalue weighted by atomic mass is 127. The maximum absolute atomic E-state index is 11.6. The lowest BCUT2D eigenvalue weighted by molar-refractivity contribution is 0.0529. The Morgan fingerprint density at radius 1 is 1.19 bits per heavy atom. The summed E-state index contributed by atoms with van der Waals surface area (Å²) >= 11 is 0. The minimum Gasteiger partial charge on any atom is -0.444 e. The molecule has 0 saturated heterocycles. The molecule has 9 nitrogen and oxygen atoms in total. The second-order valence-electron chi connectivity index (χ2n) is 6.33. The van der Waals surface area contributed by atoms with Gasteiger partial charge < -0.3 is 20.7 Å². The lowest BCUT2D eigenvalue weighted by atomic mass is 10.2. The van der Waals surface area contributed by atoms with Crippen LogP contribution in [-0.4, -0.2) is 52.4 Å². The minimum atomic E-state index is -0.504. The Kier molecular flexibility index (Phi) is 8.55. The van der Waals surface area contributed by atoms with Crippen LogP contribution in [0, 0.1) is 0 Å². The number of aliphatic imine (C=N–C) groups is 1. The third-order valence-corrected chi connectivity index (χ3v) is 3.11. The topological polar surface area (TPSA) is 105 Å². The molecule has 0 saturated carbocycles. The molecule has 0 unspecified atom stereocenters. The quantitative estimate of drug-likeness (QED) is 0.262. The van der Waals surface area contributed by atoms with Gasteiger partial charge in [0.25, 0.3) is 0 Å². The van der Waals surface area contributed by atoms with Crippen molar-refractivity contribution in [2.75, 3.05) is 20.1 Å². The van der Waals surface area contributed by atoms with E-state index in [9.17, 15) is 4.79 Å². The smallest absolute Gasteiger partial charge is 0.407 e. The Morgan fingerprint density at radius 2 is 1.92 bits per heavy atom. The molecule has 26 heavy (non-hydrogen) atoms. The van der Waals surface area contributed by atoms with E-state index in [1.807, 2.05) is 49.6 Å². The summed E-state index contributed by atoms with van der Waals surface area (Å²) in [5, 5.41) is 17.2. The van der Waals surface area contributed by atoms with Gasteiger partial charge in [0.05, 0.1) is 6.54 Å². The number of carbonyl (C=O) groups excluding carboxylic acids is 1. The number of hydrogen-bond acceptors (Lipinski definition) is 5. The number of aromatic nitrogens is 3. The van der Waals surface area contributed by atoms with Gasteiger partial charge in [0.1, 0.15) is 5.60 Å². The van der Waals surface area contributed by atoms with Crippen molar-refractivity contribution in [3.05, 3.63) is 30.2 Å². The monoisotopic (exact) mass is 475 g/mol. The number of pyridine rings is 1. The summed E-state index contributed by atoms with van der Waals surface area (Å²) in [5.41, 5.74) is 0.291. The highest BCUT2D eigenvalue weighted by molar-refractivity contribution is 14.0. The molecule has 144 valence electrons. The first-order valence-corrected chi connectivity index (χ1v) is 8.09. The van der Waals surface area contributed by atoms with Crippen LogP contribution in [0.5, 0.6) is 0 Å². The summed E-state index contributed by atoms with van der Waals surface area (Å²) in [5.74, 6) is 1.39. The van der Waals surface area contributed by atoms with E-state index in [-0.39, 0.29) is 24.0 Å². The van der Waals surface area contributed by atoms with Crippen molar-refractivity contribution in [3.63, 3.8) is 0 Å². The van der Waals surface area contributed by atoms with Crippen molar-refractivity contribution in [3.8, 4) is 0 Å². The molecule has 2 heterocycles. The van der Waals surface area contributed by atoms with Gasteiger partial charge in [-0.15, -0.1) is 34.2 Å². The first-order chi connectivity index (χ1) is 11.9. The highest BCUT2D eigenvalue weighted by Gasteiger charge is 2.15. The molecule has 2 aromatic rings. The number of nitrogens with zero attached hydrogens (tertiary/aromatic N) is 4. The van der Waals surface area contributed by atoms with Crippen molar-refractivity contribution in [2.45, 2.75) is 32.9 Å². The molecule has 0 aliphatic carbocycles. The van der Waals surface area contributed by atoms with E-state index < -0.39 is 11.7 Å². The molecule has 0 aromatic carbocycles. The largest absolute Gasteiger partial charge is 0.444 e. The number of guanidine groups is 1. The van der Waals surface area contributed by atoms with Gasteiger partial charge in [-0.3, -0.25) is 9.39 Å². The number of rotatable bonds is 5. The fourth-order valence-corrected chi connectivity index (χ4v) is 2.05. The van der Waals surface area contributed by atoms with Crippen molar-refractivity contribution in [1.29, 1.82) is 0 Å². The molecule has 0 spiro atoms. The molecule has 0 bridgehead atoms. The van der Waals surface area contributed by atoms with Crippen molar-refractivity contribution in [2.24, 2.45) is 4.99 Å². The van der Waals surface area contributed by atoms with Crippen LogP contribution in [0.1, 0.15) is 26.6 Å². The average molecular weight is 475 g/mol. The first kappa shape index (κ1) is 21.9. The molecule has 0 fully saturated rings. The maximum Gasteiger partial charge on any atom is 0.407 e. The number of alkyl carbamates (subject to hydrolysis) is 1. The van der Waals surface area contributed by atoms with E-state index in [2.05, 4.69) is 31.1 Å². The second kappa shape index (κ2) is 10.1. The normalized spacial score (nSPS) is 11.6. The van der Waals surface area contributed by atoms with Crippen LogP contribution in [0.4, 0.5) is 4.79 Å². The molecular weight excluding hydrogens is 449 g/mol. The van der Waals surface area contributed by atoms with E-state index in [0.29, 0.717) is 25.6 Å². The molecule has 2 rings (SSSR count). The molecule has 1 amide bonds. The molecular formula is C16H26IN7O2. The molecule has 0 atom stereocenters. The lowest BCUT2D eigenvalue weighted by Gasteiger charge is -2.19. The van der Waals surface area contributed by atoms with Crippen LogP contribution < -0.4 is 16.0 Å². The zero-order valence-corrected chi connectivity index (χ0v) is 17.8. The Labute approximate surface area is 170 Å². The predicted molar refractivity (Wildman–Crippen MR) is 111 cm³/mol. The standard InChI is InChI=1S/C16H25N7O2.HI/c1-16(2,3)25-15(24)19-9-8-18-14(17-4)20-11-13-22-21-12-7-5-6-10-23(12)13;/h5-7,10H,8-9,11H2,1-4H3,(H,19,24)(H2,17,18,20);1H. The zero-order chi connectivity index (χ0) is 18.3. The van der Waals surface area contributed by atoms with E-state index >= 15 is 0 Å².